The number of carbonyl (C=O) groups is 1. The Balaban J connectivity index is 1.78. The number of likely N-dealkylation sites (tertiary alicyclic amines) is 1. The molecule has 1 aliphatic heterocycles. The number of fused-ring (bicyclic) bond motifs is 1. The van der Waals surface area contributed by atoms with Gasteiger partial charge in [-0.15, -0.1) is 0 Å². The summed E-state index contributed by atoms with van der Waals surface area (Å²) in [6, 6.07) is 0.764. The molecule has 2 unspecified atom stereocenters. The molecule has 0 spiro atoms. The van der Waals surface area contributed by atoms with Crippen LogP contribution in [0.1, 0.15) is 51.4 Å². The van der Waals surface area contributed by atoms with Gasteiger partial charge in [-0.2, -0.15) is 0 Å². The molecule has 2 heteroatoms. The number of piperidine rings is 1. The Morgan fingerprint density at radius 3 is 2.69 bits per heavy atom. The lowest BCUT2D eigenvalue weighted by Gasteiger charge is -2.46. The van der Waals surface area contributed by atoms with Gasteiger partial charge in [0.25, 0.3) is 0 Å². The highest BCUT2D eigenvalue weighted by Gasteiger charge is 2.34. The van der Waals surface area contributed by atoms with Gasteiger partial charge in [-0.05, 0) is 38.0 Å². The number of hydrogen-bond donors (Lipinski definition) is 0. The third kappa shape index (κ3) is 1.79. The van der Waals surface area contributed by atoms with E-state index in [1.807, 2.05) is 6.08 Å². The molecule has 0 aromatic rings. The van der Waals surface area contributed by atoms with Crippen LogP contribution in [0.4, 0.5) is 0 Å². The molecule has 2 fully saturated rings. The Kier molecular flexibility index (Phi) is 2.74. The van der Waals surface area contributed by atoms with Gasteiger partial charge in [-0.25, -0.2) is 0 Å². The number of carbonyl (C=O) groups excluding carboxylic acids is 1. The summed E-state index contributed by atoms with van der Waals surface area (Å²) in [5.41, 5.74) is 1.35. The van der Waals surface area contributed by atoms with Crippen molar-refractivity contribution >= 4 is 5.78 Å². The fraction of sp³-hybridized carbons (Fsp3) is 0.786. The van der Waals surface area contributed by atoms with Crippen molar-refractivity contribution in [2.45, 2.75) is 57.4 Å². The zero-order valence-electron chi connectivity index (χ0n) is 9.95. The highest BCUT2D eigenvalue weighted by atomic mass is 16.1. The largest absolute Gasteiger partial charge is 0.371 e. The number of rotatable bonds is 1. The second-order valence-corrected chi connectivity index (χ2v) is 5.55. The number of hydrogen-bond acceptors (Lipinski definition) is 2. The van der Waals surface area contributed by atoms with Gasteiger partial charge in [0, 0.05) is 30.8 Å². The van der Waals surface area contributed by atoms with E-state index in [4.69, 9.17) is 0 Å². The molecule has 88 valence electrons. The van der Waals surface area contributed by atoms with E-state index in [9.17, 15) is 4.79 Å². The van der Waals surface area contributed by atoms with Gasteiger partial charge in [0.05, 0.1) is 0 Å². The van der Waals surface area contributed by atoms with Crippen LogP contribution < -0.4 is 0 Å². The predicted octanol–water partition coefficient (Wildman–Crippen LogP) is 2.89. The third-order valence-corrected chi connectivity index (χ3v) is 4.57. The molecule has 0 radical (unpaired) electrons. The SMILES string of the molecule is O=C1C=C(N2CCCC3CCCCC32)CC1. The van der Waals surface area contributed by atoms with Crippen LogP contribution in [0, 0.1) is 5.92 Å². The van der Waals surface area contributed by atoms with Crippen molar-refractivity contribution in [3.63, 3.8) is 0 Å². The maximum atomic E-state index is 11.4. The quantitative estimate of drug-likeness (QED) is 0.676. The first-order valence-corrected chi connectivity index (χ1v) is 6.84. The lowest BCUT2D eigenvalue weighted by Crippen LogP contribution is -2.45. The summed E-state index contributed by atoms with van der Waals surface area (Å²) in [4.78, 5) is 13.9. The molecule has 3 rings (SSSR count). The number of nitrogens with zero attached hydrogens (tertiary/aromatic N) is 1. The first-order valence-electron chi connectivity index (χ1n) is 6.84. The molecule has 0 aromatic heterocycles. The van der Waals surface area contributed by atoms with Gasteiger partial charge in [-0.1, -0.05) is 12.8 Å². The van der Waals surface area contributed by atoms with Crippen LogP contribution in [0.2, 0.25) is 0 Å². The monoisotopic (exact) mass is 219 g/mol. The highest BCUT2D eigenvalue weighted by Crippen LogP contribution is 2.38. The molecule has 1 saturated carbocycles. The number of allylic oxidation sites excluding steroid dienone is 2. The summed E-state index contributed by atoms with van der Waals surface area (Å²) in [7, 11) is 0. The molecule has 3 aliphatic rings. The van der Waals surface area contributed by atoms with E-state index in [1.165, 1.54) is 50.8 Å². The second-order valence-electron chi connectivity index (χ2n) is 5.55. The molecule has 0 amide bonds. The van der Waals surface area contributed by atoms with Crippen LogP contribution >= 0.6 is 0 Å². The Hall–Kier alpha value is -0.790. The lowest BCUT2D eigenvalue weighted by atomic mass is 9.78. The highest BCUT2D eigenvalue weighted by molar-refractivity contribution is 5.92. The molecule has 0 N–H and O–H groups in total. The third-order valence-electron chi connectivity index (χ3n) is 4.57. The molecule has 2 atom stereocenters. The van der Waals surface area contributed by atoms with Gasteiger partial charge < -0.3 is 4.90 Å². The zero-order chi connectivity index (χ0) is 11.0. The Labute approximate surface area is 97.7 Å². The Bertz CT molecular complexity index is 319. The summed E-state index contributed by atoms with van der Waals surface area (Å²) in [6.07, 6.45) is 12.0. The average molecular weight is 219 g/mol. The van der Waals surface area contributed by atoms with Gasteiger partial charge >= 0.3 is 0 Å². The average Bonchev–Trinajstić information content (AvgIpc) is 2.75. The molecule has 16 heavy (non-hydrogen) atoms. The molecular weight excluding hydrogens is 198 g/mol. The van der Waals surface area contributed by atoms with Gasteiger partial charge in [0.2, 0.25) is 0 Å². The summed E-state index contributed by atoms with van der Waals surface area (Å²) >= 11 is 0. The van der Waals surface area contributed by atoms with E-state index in [2.05, 4.69) is 4.90 Å². The molecule has 0 aromatic carbocycles. The molecule has 0 bridgehead atoms. The molecule has 2 nitrogen and oxygen atoms in total. The topological polar surface area (TPSA) is 20.3 Å². The molecule has 1 heterocycles. The van der Waals surface area contributed by atoms with Crippen molar-refractivity contribution in [2.24, 2.45) is 5.92 Å². The van der Waals surface area contributed by atoms with Crippen LogP contribution in [0.15, 0.2) is 11.8 Å². The fourth-order valence-corrected chi connectivity index (χ4v) is 3.79. The predicted molar refractivity (Wildman–Crippen MR) is 64.0 cm³/mol. The molecular formula is C14H21NO. The van der Waals surface area contributed by atoms with E-state index in [-0.39, 0.29) is 0 Å². The minimum atomic E-state index is 0.341. The number of ketones is 1. The molecule has 1 saturated heterocycles. The maximum absolute atomic E-state index is 11.4. The van der Waals surface area contributed by atoms with E-state index < -0.39 is 0 Å². The van der Waals surface area contributed by atoms with Crippen molar-refractivity contribution in [2.75, 3.05) is 6.54 Å². The first-order chi connectivity index (χ1) is 7.84. The van der Waals surface area contributed by atoms with Crippen LogP contribution in [-0.4, -0.2) is 23.3 Å². The summed E-state index contributed by atoms with van der Waals surface area (Å²) in [6.45, 7) is 1.19. The Morgan fingerprint density at radius 2 is 1.88 bits per heavy atom. The smallest absolute Gasteiger partial charge is 0.157 e. The lowest BCUT2D eigenvalue weighted by molar-refractivity contribution is -0.114. The minimum Gasteiger partial charge on any atom is -0.371 e. The van der Waals surface area contributed by atoms with Gasteiger partial charge in [-0.3, -0.25) is 4.79 Å². The summed E-state index contributed by atoms with van der Waals surface area (Å²) in [5.74, 6) is 1.26. The first kappa shape index (κ1) is 10.4. The van der Waals surface area contributed by atoms with Crippen molar-refractivity contribution in [3.05, 3.63) is 11.8 Å². The van der Waals surface area contributed by atoms with E-state index >= 15 is 0 Å². The van der Waals surface area contributed by atoms with Crippen molar-refractivity contribution in [1.29, 1.82) is 0 Å². The van der Waals surface area contributed by atoms with Crippen LogP contribution in [0.5, 0.6) is 0 Å². The van der Waals surface area contributed by atoms with E-state index in [1.54, 1.807) is 0 Å². The standard InChI is InChI=1S/C14H21NO/c16-13-8-7-12(10-13)15-9-3-5-11-4-1-2-6-14(11)15/h10-11,14H,1-9H2. The van der Waals surface area contributed by atoms with Gasteiger partial charge in [0.1, 0.15) is 0 Å². The Morgan fingerprint density at radius 1 is 1.06 bits per heavy atom. The molecule has 2 aliphatic carbocycles. The van der Waals surface area contributed by atoms with Crippen molar-refractivity contribution in [1.82, 2.24) is 4.90 Å². The van der Waals surface area contributed by atoms with Crippen molar-refractivity contribution in [3.8, 4) is 0 Å². The van der Waals surface area contributed by atoms with Crippen molar-refractivity contribution < 1.29 is 4.79 Å². The van der Waals surface area contributed by atoms with Crippen LogP contribution in [-0.2, 0) is 4.79 Å². The summed E-state index contributed by atoms with van der Waals surface area (Å²) < 4.78 is 0. The van der Waals surface area contributed by atoms with Crippen LogP contribution in [0.3, 0.4) is 0 Å². The normalized spacial score (nSPS) is 34.9. The zero-order valence-corrected chi connectivity index (χ0v) is 9.95. The summed E-state index contributed by atoms with van der Waals surface area (Å²) in [5, 5.41) is 0. The van der Waals surface area contributed by atoms with Crippen LogP contribution in [0.25, 0.3) is 0 Å². The van der Waals surface area contributed by atoms with E-state index in [0.29, 0.717) is 5.78 Å². The van der Waals surface area contributed by atoms with Gasteiger partial charge in [0.15, 0.2) is 5.78 Å². The maximum Gasteiger partial charge on any atom is 0.157 e. The van der Waals surface area contributed by atoms with E-state index in [0.717, 1.165) is 24.8 Å². The minimum absolute atomic E-state index is 0.341. The second kappa shape index (κ2) is 4.23. The fourth-order valence-electron chi connectivity index (χ4n) is 3.79.